The van der Waals surface area contributed by atoms with E-state index in [0.29, 0.717) is 0 Å². The van der Waals surface area contributed by atoms with Crippen molar-refractivity contribution in [2.24, 2.45) is 5.73 Å². The molecular weight excluding hydrogens is 250 g/mol. The summed E-state index contributed by atoms with van der Waals surface area (Å²) in [4.78, 5) is 22.0. The number of aliphatic carboxylic acids is 1. The van der Waals surface area contributed by atoms with E-state index in [9.17, 15) is 4.79 Å². The van der Waals surface area contributed by atoms with Crippen molar-refractivity contribution in [2.75, 3.05) is 7.05 Å². The molecule has 4 N–H and O–H groups in total. The molecule has 7 heteroatoms. The van der Waals surface area contributed by atoms with E-state index in [0.717, 1.165) is 6.92 Å². The molecule has 0 fully saturated rings. The fourth-order valence-corrected chi connectivity index (χ4v) is 0.739. The van der Waals surface area contributed by atoms with Crippen molar-refractivity contribution in [1.29, 1.82) is 5.41 Å². The van der Waals surface area contributed by atoms with Gasteiger partial charge in [0, 0.05) is 14.0 Å². The molecule has 0 saturated heterocycles. The summed E-state index contributed by atoms with van der Waals surface area (Å²) in [6, 6.07) is 0. The first-order chi connectivity index (χ1) is 8.21. The van der Waals surface area contributed by atoms with Crippen molar-refractivity contribution >= 4 is 17.9 Å². The van der Waals surface area contributed by atoms with Crippen LogP contribution in [0.5, 0.6) is 0 Å². The molecule has 0 aromatic carbocycles. The zero-order valence-corrected chi connectivity index (χ0v) is 12.7. The second-order valence-corrected chi connectivity index (χ2v) is 5.53. The maximum atomic E-state index is 11.7. The van der Waals surface area contributed by atoms with Gasteiger partial charge in [-0.15, -0.1) is 0 Å². The Labute approximate surface area is 114 Å². The molecule has 7 nitrogen and oxygen atoms in total. The molecule has 0 aromatic rings. The van der Waals surface area contributed by atoms with Crippen LogP contribution in [0.25, 0.3) is 0 Å². The maximum absolute atomic E-state index is 11.7. The fourth-order valence-electron chi connectivity index (χ4n) is 0.739. The molecule has 112 valence electrons. The second-order valence-electron chi connectivity index (χ2n) is 5.53. The normalized spacial score (nSPS) is 10.9. The van der Waals surface area contributed by atoms with Gasteiger partial charge in [0.25, 0.3) is 5.97 Å². The highest BCUT2D eigenvalue weighted by atomic mass is 16.6. The van der Waals surface area contributed by atoms with Crippen molar-refractivity contribution in [2.45, 2.75) is 52.7 Å². The Morgan fingerprint density at radius 2 is 1.53 bits per heavy atom. The van der Waals surface area contributed by atoms with Gasteiger partial charge in [-0.1, -0.05) is 0 Å². The number of nitrogens with zero attached hydrogens (tertiary/aromatic N) is 1. The molecule has 0 unspecified atom stereocenters. The first-order valence-electron chi connectivity index (χ1n) is 5.72. The van der Waals surface area contributed by atoms with Gasteiger partial charge >= 0.3 is 6.09 Å². The lowest BCUT2D eigenvalue weighted by molar-refractivity contribution is -0.134. The molecule has 1 amide bonds. The zero-order valence-electron chi connectivity index (χ0n) is 12.7. The Balaban J connectivity index is 0. The standard InChI is InChI=1S/C10H21N3O2.C2H4O2/c1-9(2,3)15-8(14)13(6)10(4,5)7(11)12;1-2(3)4/h1-6H3,(H3,11,12);1H3,(H,3,4). The number of amidine groups is 1. The van der Waals surface area contributed by atoms with Crippen LogP contribution in [0.1, 0.15) is 41.5 Å². The first kappa shape index (κ1) is 19.5. The third-order valence-electron chi connectivity index (χ3n) is 2.17. The average molecular weight is 275 g/mol. The SMILES string of the molecule is CC(=O)O.CN(C(=O)OC(C)(C)C)C(C)(C)C(=N)N. The lowest BCUT2D eigenvalue weighted by Crippen LogP contribution is -2.54. The number of likely N-dealkylation sites (N-methyl/N-ethyl adjacent to an activating group) is 1. The quantitative estimate of drug-likeness (QED) is 0.523. The minimum Gasteiger partial charge on any atom is -0.481 e. The van der Waals surface area contributed by atoms with Gasteiger partial charge in [0.05, 0.1) is 5.54 Å². The first-order valence-corrected chi connectivity index (χ1v) is 5.72. The molecule has 0 spiro atoms. The summed E-state index contributed by atoms with van der Waals surface area (Å²) in [6.07, 6.45) is -0.484. The monoisotopic (exact) mass is 275 g/mol. The van der Waals surface area contributed by atoms with E-state index in [4.69, 9.17) is 25.8 Å². The Morgan fingerprint density at radius 3 is 1.74 bits per heavy atom. The zero-order chi connectivity index (χ0) is 16.0. The smallest absolute Gasteiger partial charge is 0.410 e. The van der Waals surface area contributed by atoms with E-state index in [1.807, 2.05) is 0 Å². The number of carbonyl (C=O) groups is 2. The minimum atomic E-state index is -0.833. The summed E-state index contributed by atoms with van der Waals surface area (Å²) in [5.74, 6) is -0.907. The summed E-state index contributed by atoms with van der Waals surface area (Å²) in [7, 11) is 1.56. The van der Waals surface area contributed by atoms with Crippen LogP contribution < -0.4 is 5.73 Å². The molecule has 0 heterocycles. The molecule has 0 atom stereocenters. The Morgan fingerprint density at radius 1 is 1.21 bits per heavy atom. The summed E-state index contributed by atoms with van der Waals surface area (Å²) >= 11 is 0. The Bertz CT molecular complexity index is 341. The van der Waals surface area contributed by atoms with E-state index in [-0.39, 0.29) is 5.84 Å². The number of nitrogens with two attached hydrogens (primary N) is 1. The number of ether oxygens (including phenoxy) is 1. The lowest BCUT2D eigenvalue weighted by atomic mass is 10.0. The summed E-state index contributed by atoms with van der Waals surface area (Å²) in [5, 5.41) is 14.8. The van der Waals surface area contributed by atoms with Crippen LogP contribution in [-0.4, -0.2) is 46.1 Å². The topological polar surface area (TPSA) is 117 Å². The van der Waals surface area contributed by atoms with Crippen LogP contribution in [0.4, 0.5) is 4.79 Å². The van der Waals surface area contributed by atoms with Crippen molar-refractivity contribution in [3.8, 4) is 0 Å². The molecule has 0 aromatic heterocycles. The number of hydrogen-bond acceptors (Lipinski definition) is 4. The highest BCUT2D eigenvalue weighted by Gasteiger charge is 2.33. The van der Waals surface area contributed by atoms with Crippen LogP contribution in [0.3, 0.4) is 0 Å². The maximum Gasteiger partial charge on any atom is 0.410 e. The number of carbonyl (C=O) groups excluding carboxylic acids is 1. The largest absolute Gasteiger partial charge is 0.481 e. The van der Waals surface area contributed by atoms with Crippen LogP contribution in [0, 0.1) is 5.41 Å². The predicted molar refractivity (Wildman–Crippen MR) is 73.3 cm³/mol. The van der Waals surface area contributed by atoms with Crippen LogP contribution in [0.2, 0.25) is 0 Å². The van der Waals surface area contributed by atoms with Gasteiger partial charge in [-0.25, -0.2) is 4.79 Å². The Hall–Kier alpha value is -1.79. The van der Waals surface area contributed by atoms with Gasteiger partial charge in [-0.2, -0.15) is 0 Å². The Kier molecular flexibility index (Phi) is 7.16. The predicted octanol–water partition coefficient (Wildman–Crippen LogP) is 1.66. The highest BCUT2D eigenvalue weighted by molar-refractivity contribution is 5.89. The minimum absolute atomic E-state index is 0.0733. The molecule has 0 aliphatic heterocycles. The van der Waals surface area contributed by atoms with E-state index >= 15 is 0 Å². The van der Waals surface area contributed by atoms with E-state index in [2.05, 4.69) is 0 Å². The lowest BCUT2D eigenvalue weighted by Gasteiger charge is -2.35. The van der Waals surface area contributed by atoms with Gasteiger partial charge in [0.2, 0.25) is 0 Å². The third kappa shape index (κ3) is 8.87. The molecule has 0 saturated carbocycles. The van der Waals surface area contributed by atoms with E-state index in [1.165, 1.54) is 4.90 Å². The van der Waals surface area contributed by atoms with Gasteiger partial charge < -0.3 is 15.6 Å². The number of carboxylic acids is 1. The molecular formula is C12H25N3O4. The van der Waals surface area contributed by atoms with Gasteiger partial charge in [0.15, 0.2) is 0 Å². The molecule has 0 bridgehead atoms. The number of carboxylic acid groups (broad SMARTS) is 1. The second kappa shape index (κ2) is 6.96. The fraction of sp³-hybridized carbons (Fsp3) is 0.750. The number of nitrogens with one attached hydrogen (secondary N) is 1. The summed E-state index contributed by atoms with van der Waals surface area (Å²) in [5.41, 5.74) is 4.03. The third-order valence-corrected chi connectivity index (χ3v) is 2.17. The summed E-state index contributed by atoms with van der Waals surface area (Å²) < 4.78 is 5.17. The number of rotatable bonds is 2. The molecule has 0 rings (SSSR count). The van der Waals surface area contributed by atoms with Gasteiger partial charge in [-0.3, -0.25) is 15.1 Å². The van der Waals surface area contributed by atoms with Crippen LogP contribution >= 0.6 is 0 Å². The number of amides is 1. The molecule has 19 heavy (non-hydrogen) atoms. The molecule has 0 aliphatic rings. The summed E-state index contributed by atoms with van der Waals surface area (Å²) in [6.45, 7) is 9.84. The van der Waals surface area contributed by atoms with Crippen LogP contribution in [0.15, 0.2) is 0 Å². The molecule has 0 radical (unpaired) electrons. The average Bonchev–Trinajstić information content (AvgIpc) is 2.12. The van der Waals surface area contributed by atoms with Crippen molar-refractivity contribution < 1.29 is 19.4 Å². The van der Waals surface area contributed by atoms with E-state index < -0.39 is 23.2 Å². The van der Waals surface area contributed by atoms with E-state index in [1.54, 1.807) is 41.7 Å². The van der Waals surface area contributed by atoms with Crippen molar-refractivity contribution in [3.05, 3.63) is 0 Å². The van der Waals surface area contributed by atoms with Crippen LogP contribution in [-0.2, 0) is 9.53 Å². The van der Waals surface area contributed by atoms with Crippen molar-refractivity contribution in [3.63, 3.8) is 0 Å². The highest BCUT2D eigenvalue weighted by Crippen LogP contribution is 2.16. The van der Waals surface area contributed by atoms with Gasteiger partial charge in [-0.05, 0) is 34.6 Å². The van der Waals surface area contributed by atoms with Gasteiger partial charge in [0.1, 0.15) is 11.4 Å². The molecule has 0 aliphatic carbocycles. The number of hydrogen-bond donors (Lipinski definition) is 3. The van der Waals surface area contributed by atoms with Crippen molar-refractivity contribution in [1.82, 2.24) is 4.90 Å².